The van der Waals surface area contributed by atoms with Crippen molar-refractivity contribution in [2.75, 3.05) is 11.9 Å². The van der Waals surface area contributed by atoms with Gasteiger partial charge in [0.25, 0.3) is 5.91 Å². The standard InChI is InChI=1S/C22H23N3O2S3/c1-14(2)29-16-7-5-15(6-8-16)12-20(26)25-10-9-17-19(13-25)30-22(23-17)24-21(27)18-4-3-11-28-18/h3-8,11,14H,9-10,12-13H2,1-2H3,(H,23,24,27). The zero-order valence-corrected chi connectivity index (χ0v) is 19.3. The molecular weight excluding hydrogens is 434 g/mol. The van der Waals surface area contributed by atoms with Crippen molar-refractivity contribution in [1.29, 1.82) is 0 Å². The van der Waals surface area contributed by atoms with Crippen LogP contribution >= 0.6 is 34.4 Å². The van der Waals surface area contributed by atoms with E-state index in [4.69, 9.17) is 0 Å². The van der Waals surface area contributed by atoms with E-state index >= 15 is 0 Å². The number of carbonyl (C=O) groups is 2. The Morgan fingerprint density at radius 2 is 2.03 bits per heavy atom. The Hall–Kier alpha value is -2.16. The van der Waals surface area contributed by atoms with Gasteiger partial charge < -0.3 is 4.90 Å². The van der Waals surface area contributed by atoms with Gasteiger partial charge in [-0.3, -0.25) is 14.9 Å². The number of benzene rings is 1. The van der Waals surface area contributed by atoms with Crippen molar-refractivity contribution in [1.82, 2.24) is 9.88 Å². The van der Waals surface area contributed by atoms with Crippen molar-refractivity contribution in [3.8, 4) is 0 Å². The van der Waals surface area contributed by atoms with Gasteiger partial charge in [-0.1, -0.05) is 43.4 Å². The van der Waals surface area contributed by atoms with Gasteiger partial charge in [0.1, 0.15) is 0 Å². The van der Waals surface area contributed by atoms with Gasteiger partial charge in [0.15, 0.2) is 5.13 Å². The summed E-state index contributed by atoms with van der Waals surface area (Å²) in [6.45, 7) is 5.56. The minimum atomic E-state index is -0.136. The van der Waals surface area contributed by atoms with Crippen LogP contribution in [0.3, 0.4) is 0 Å². The third-order valence-corrected chi connectivity index (χ3v) is 7.58. The average molecular weight is 458 g/mol. The number of amides is 2. The number of nitrogens with zero attached hydrogens (tertiary/aromatic N) is 2. The Morgan fingerprint density at radius 1 is 1.23 bits per heavy atom. The lowest BCUT2D eigenvalue weighted by Crippen LogP contribution is -2.36. The Labute approximate surface area is 188 Å². The highest BCUT2D eigenvalue weighted by atomic mass is 32.2. The summed E-state index contributed by atoms with van der Waals surface area (Å²) in [6, 6.07) is 11.9. The molecule has 0 aliphatic carbocycles. The number of aromatic nitrogens is 1. The van der Waals surface area contributed by atoms with E-state index in [-0.39, 0.29) is 11.8 Å². The van der Waals surface area contributed by atoms with Crippen LogP contribution in [0.4, 0.5) is 5.13 Å². The highest BCUT2D eigenvalue weighted by Crippen LogP contribution is 2.29. The van der Waals surface area contributed by atoms with Crippen LogP contribution in [-0.2, 0) is 24.2 Å². The number of hydrogen-bond acceptors (Lipinski definition) is 6. The molecule has 156 valence electrons. The summed E-state index contributed by atoms with van der Waals surface area (Å²) in [5.74, 6) is -0.00871. The first-order valence-electron chi connectivity index (χ1n) is 9.85. The Bertz CT molecular complexity index is 1030. The fourth-order valence-corrected chi connectivity index (χ4v) is 5.75. The SMILES string of the molecule is CC(C)Sc1ccc(CC(=O)N2CCc3nc(NC(=O)c4cccs4)sc3C2)cc1. The molecule has 0 bridgehead atoms. The van der Waals surface area contributed by atoms with Crippen molar-refractivity contribution >= 4 is 51.4 Å². The number of thioether (sulfide) groups is 1. The van der Waals surface area contributed by atoms with Crippen LogP contribution in [0.5, 0.6) is 0 Å². The first kappa shape index (κ1) is 21.1. The average Bonchev–Trinajstić information content (AvgIpc) is 3.37. The molecule has 3 aromatic rings. The first-order chi connectivity index (χ1) is 14.5. The highest BCUT2D eigenvalue weighted by molar-refractivity contribution is 7.99. The van der Waals surface area contributed by atoms with Crippen LogP contribution in [0.25, 0.3) is 0 Å². The summed E-state index contributed by atoms with van der Waals surface area (Å²) in [5.41, 5.74) is 2.02. The maximum atomic E-state index is 12.8. The molecule has 5 nitrogen and oxygen atoms in total. The summed E-state index contributed by atoms with van der Waals surface area (Å²) in [4.78, 5) is 34.5. The lowest BCUT2D eigenvalue weighted by molar-refractivity contribution is -0.131. The highest BCUT2D eigenvalue weighted by Gasteiger charge is 2.25. The lowest BCUT2D eigenvalue weighted by Gasteiger charge is -2.26. The van der Waals surface area contributed by atoms with Crippen LogP contribution < -0.4 is 5.32 Å². The quantitative estimate of drug-likeness (QED) is 0.524. The van der Waals surface area contributed by atoms with Gasteiger partial charge in [-0.25, -0.2) is 4.98 Å². The molecule has 0 spiro atoms. The zero-order valence-electron chi connectivity index (χ0n) is 16.9. The molecule has 0 saturated carbocycles. The number of carbonyl (C=O) groups excluding carboxylic acids is 2. The monoisotopic (exact) mass is 457 g/mol. The summed E-state index contributed by atoms with van der Waals surface area (Å²) < 4.78 is 0. The number of fused-ring (bicyclic) bond motifs is 1. The van der Waals surface area contributed by atoms with E-state index in [1.807, 2.05) is 40.2 Å². The molecule has 4 rings (SSSR count). The van der Waals surface area contributed by atoms with Crippen molar-refractivity contribution < 1.29 is 9.59 Å². The van der Waals surface area contributed by atoms with Crippen molar-refractivity contribution in [3.05, 3.63) is 62.8 Å². The van der Waals surface area contributed by atoms with Gasteiger partial charge >= 0.3 is 0 Å². The van der Waals surface area contributed by atoms with E-state index < -0.39 is 0 Å². The topological polar surface area (TPSA) is 62.3 Å². The number of thiazole rings is 1. The van der Waals surface area contributed by atoms with Crippen LogP contribution in [0.15, 0.2) is 46.7 Å². The van der Waals surface area contributed by atoms with Gasteiger partial charge in [-0.2, -0.15) is 0 Å². The Balaban J connectivity index is 1.36. The fourth-order valence-electron chi connectivity index (χ4n) is 3.27. The number of thiophene rings is 1. The Kier molecular flexibility index (Phi) is 6.55. The Morgan fingerprint density at radius 3 is 2.73 bits per heavy atom. The normalized spacial score (nSPS) is 13.4. The van der Waals surface area contributed by atoms with E-state index in [1.165, 1.54) is 27.6 Å². The molecule has 0 radical (unpaired) electrons. The van der Waals surface area contributed by atoms with Crippen LogP contribution in [-0.4, -0.2) is 33.5 Å². The molecule has 0 atom stereocenters. The van der Waals surface area contributed by atoms with E-state index in [0.29, 0.717) is 34.8 Å². The van der Waals surface area contributed by atoms with Gasteiger partial charge in [0, 0.05) is 28.0 Å². The summed E-state index contributed by atoms with van der Waals surface area (Å²) in [7, 11) is 0. The third kappa shape index (κ3) is 5.11. The molecule has 8 heteroatoms. The lowest BCUT2D eigenvalue weighted by atomic mass is 10.1. The molecule has 1 N–H and O–H groups in total. The molecular formula is C22H23N3O2S3. The predicted molar refractivity (Wildman–Crippen MR) is 125 cm³/mol. The molecule has 0 unspecified atom stereocenters. The second kappa shape index (κ2) is 9.32. The molecule has 2 amide bonds. The smallest absolute Gasteiger partial charge is 0.267 e. The molecule has 0 fully saturated rings. The van der Waals surface area contributed by atoms with Crippen molar-refractivity contribution in [2.45, 2.75) is 43.4 Å². The molecule has 2 aromatic heterocycles. The number of anilines is 1. The summed E-state index contributed by atoms with van der Waals surface area (Å²) in [6.07, 6.45) is 1.12. The molecule has 0 saturated heterocycles. The molecule has 1 aliphatic heterocycles. The van der Waals surface area contributed by atoms with Crippen molar-refractivity contribution in [3.63, 3.8) is 0 Å². The van der Waals surface area contributed by atoms with E-state index in [9.17, 15) is 9.59 Å². The van der Waals surface area contributed by atoms with Crippen LogP contribution in [0.1, 0.15) is 39.7 Å². The number of nitrogens with one attached hydrogen (secondary N) is 1. The van der Waals surface area contributed by atoms with E-state index in [0.717, 1.165) is 22.6 Å². The predicted octanol–water partition coefficient (Wildman–Crippen LogP) is 5.08. The van der Waals surface area contributed by atoms with Gasteiger partial charge in [0.05, 0.1) is 23.5 Å². The molecule has 3 heterocycles. The summed E-state index contributed by atoms with van der Waals surface area (Å²) in [5, 5.41) is 5.90. The van der Waals surface area contributed by atoms with Crippen LogP contribution in [0.2, 0.25) is 0 Å². The number of rotatable bonds is 6. The van der Waals surface area contributed by atoms with E-state index in [2.05, 4.69) is 36.3 Å². The zero-order chi connectivity index (χ0) is 21.1. The minimum absolute atomic E-state index is 0.127. The van der Waals surface area contributed by atoms with E-state index in [1.54, 1.807) is 6.07 Å². The maximum Gasteiger partial charge on any atom is 0.267 e. The molecule has 30 heavy (non-hydrogen) atoms. The fraction of sp³-hybridized carbons (Fsp3) is 0.318. The first-order valence-corrected chi connectivity index (χ1v) is 12.4. The third-order valence-electron chi connectivity index (χ3n) is 4.70. The maximum absolute atomic E-state index is 12.8. The second-order valence-electron chi connectivity index (χ2n) is 7.37. The summed E-state index contributed by atoms with van der Waals surface area (Å²) >= 11 is 4.69. The van der Waals surface area contributed by atoms with Gasteiger partial charge in [0.2, 0.25) is 5.91 Å². The van der Waals surface area contributed by atoms with Gasteiger partial charge in [-0.15, -0.1) is 23.1 Å². The molecule has 1 aliphatic rings. The van der Waals surface area contributed by atoms with Gasteiger partial charge in [-0.05, 0) is 29.1 Å². The minimum Gasteiger partial charge on any atom is -0.337 e. The van der Waals surface area contributed by atoms with Crippen LogP contribution in [0, 0.1) is 0 Å². The number of hydrogen-bond donors (Lipinski definition) is 1. The molecule has 1 aromatic carbocycles. The largest absolute Gasteiger partial charge is 0.337 e. The van der Waals surface area contributed by atoms with Crippen molar-refractivity contribution in [2.24, 2.45) is 0 Å². The second-order valence-corrected chi connectivity index (χ2v) is 11.1.